The first-order valence-corrected chi connectivity index (χ1v) is 12.6. The van der Waals surface area contributed by atoms with Gasteiger partial charge in [0.15, 0.2) is 0 Å². The summed E-state index contributed by atoms with van der Waals surface area (Å²) in [5.41, 5.74) is -3.90. The first kappa shape index (κ1) is 15.9. The van der Waals surface area contributed by atoms with E-state index in [1.54, 1.807) is 0 Å². The van der Waals surface area contributed by atoms with Gasteiger partial charge >= 0.3 is 6.09 Å². The van der Waals surface area contributed by atoms with Gasteiger partial charge in [-0.2, -0.15) is 4.31 Å². The number of aliphatic hydroxyl groups is 1. The topological polar surface area (TPSA) is 107 Å². The summed E-state index contributed by atoms with van der Waals surface area (Å²) in [6.07, 6.45) is -15.2. The quantitative estimate of drug-likeness (QED) is 0.330. The first-order chi connectivity index (χ1) is 24.6. The van der Waals surface area contributed by atoms with E-state index in [0.29, 0.717) is 0 Å². The highest BCUT2D eigenvalue weighted by molar-refractivity contribution is 7.89. The zero-order chi connectivity index (χ0) is 43.3. The Labute approximate surface area is 252 Å². The molecule has 0 fully saturated rings. The van der Waals surface area contributed by atoms with Crippen molar-refractivity contribution >= 4 is 16.1 Å². The molecule has 39 heavy (non-hydrogen) atoms. The summed E-state index contributed by atoms with van der Waals surface area (Å²) in [5.74, 6) is -3.44. The lowest BCUT2D eigenvalue weighted by Crippen LogP contribution is -2.58. The van der Waals surface area contributed by atoms with Crippen LogP contribution < -0.4 is 4.74 Å². The predicted octanol–water partition coefficient (Wildman–Crippen LogP) is 4.77. The molecule has 8 nitrogen and oxygen atoms in total. The maximum atomic E-state index is 14.0. The second-order valence-corrected chi connectivity index (χ2v) is 10.8. The molecule has 2 rings (SSSR count). The maximum absolute atomic E-state index is 14.0. The Bertz CT molecular complexity index is 1800. The number of ether oxygens (including phenoxy) is 1. The predicted molar refractivity (Wildman–Crippen MR) is 146 cm³/mol. The highest BCUT2D eigenvalue weighted by Gasteiger charge is 2.40. The van der Waals surface area contributed by atoms with Crippen molar-refractivity contribution in [2.75, 3.05) is 26.4 Å². The van der Waals surface area contributed by atoms with Gasteiger partial charge < -0.3 is 14.9 Å². The molecule has 0 spiro atoms. The molecule has 2 aromatic rings. The lowest BCUT2D eigenvalue weighted by molar-refractivity contribution is -0.000128. The Morgan fingerprint density at radius 2 is 1.79 bits per heavy atom. The highest BCUT2D eigenvalue weighted by atomic mass is 32.2. The Hall–Kier alpha value is -2.76. The van der Waals surface area contributed by atoms with Crippen LogP contribution in [-0.4, -0.2) is 84.0 Å². The second kappa shape index (κ2) is 14.0. The molecule has 2 aromatic carbocycles. The van der Waals surface area contributed by atoms with Gasteiger partial charge in [-0.15, -0.1) is 0 Å². The number of nitrogens with zero attached hydrogens (tertiary/aromatic N) is 2. The van der Waals surface area contributed by atoms with Crippen LogP contribution in [0, 0.1) is 5.92 Å². The molecule has 1 amide bonds. The zero-order valence-corrected chi connectivity index (χ0v) is 22.1. The van der Waals surface area contributed by atoms with E-state index in [1.807, 2.05) is 0 Å². The Kier molecular flexibility index (Phi) is 5.72. The summed E-state index contributed by atoms with van der Waals surface area (Å²) in [5, 5.41) is 22.5. The Morgan fingerprint density at radius 3 is 2.28 bits per heavy atom. The van der Waals surface area contributed by atoms with E-state index in [9.17, 15) is 33.6 Å². The van der Waals surface area contributed by atoms with Gasteiger partial charge in [0.2, 0.25) is 10.0 Å². The third-order valence-corrected chi connectivity index (χ3v) is 6.48. The molecule has 0 radical (unpaired) electrons. The third kappa shape index (κ3) is 9.15. The number of carbonyl (C=O) groups is 1. The highest BCUT2D eigenvalue weighted by Crippen LogP contribution is 2.26. The molecular weight excluding hydrogens is 530 g/mol. The van der Waals surface area contributed by atoms with Gasteiger partial charge in [0.1, 0.15) is 5.75 Å². The summed E-state index contributed by atoms with van der Waals surface area (Å²) >= 11 is 0. The number of hydrogen-bond donors (Lipinski definition) is 2. The molecule has 0 aliphatic carbocycles. The molecule has 218 valence electrons. The largest absolute Gasteiger partial charge is 0.491 e. The van der Waals surface area contributed by atoms with Crippen molar-refractivity contribution in [1.82, 2.24) is 9.21 Å². The number of sulfonamides is 1. The minimum Gasteiger partial charge on any atom is -0.491 e. The fraction of sp³-hybridized carbons (Fsp3) is 0.536. The van der Waals surface area contributed by atoms with E-state index in [4.69, 9.17) is 25.3 Å². The van der Waals surface area contributed by atoms with E-state index in [-0.39, 0.29) is 4.90 Å². The fourth-order valence-corrected chi connectivity index (χ4v) is 4.42. The van der Waals surface area contributed by atoms with Crippen molar-refractivity contribution in [3.05, 3.63) is 60.1 Å². The lowest BCUT2D eigenvalue weighted by Gasteiger charge is -2.42. The number of rotatable bonds is 14. The number of halogens is 2. The molecule has 3 atom stereocenters. The van der Waals surface area contributed by atoms with Crippen molar-refractivity contribution in [2.45, 2.75) is 69.5 Å². The Balaban J connectivity index is 3.23. The minimum atomic E-state index is -5.45. The molecule has 11 heteroatoms. The molecule has 0 aliphatic rings. The van der Waals surface area contributed by atoms with Gasteiger partial charge in [0.05, 0.1) is 46.0 Å². The van der Waals surface area contributed by atoms with Gasteiger partial charge in [-0.3, -0.25) is 13.7 Å². The van der Waals surface area contributed by atoms with Crippen molar-refractivity contribution in [1.29, 1.82) is 0 Å². The van der Waals surface area contributed by atoms with E-state index >= 15 is 0 Å². The second-order valence-electron chi connectivity index (χ2n) is 8.92. The van der Waals surface area contributed by atoms with E-state index in [2.05, 4.69) is 0 Å². The van der Waals surface area contributed by atoms with Crippen LogP contribution in [0.1, 0.15) is 62.0 Å². The van der Waals surface area contributed by atoms with E-state index < -0.39 is 137 Å². The van der Waals surface area contributed by atoms with Crippen LogP contribution in [0.5, 0.6) is 5.75 Å². The van der Waals surface area contributed by atoms with Crippen molar-refractivity contribution in [3.8, 4) is 5.75 Å². The normalized spacial score (nSPS) is 24.2. The van der Waals surface area contributed by atoms with Gasteiger partial charge in [-0.1, -0.05) is 30.3 Å². The van der Waals surface area contributed by atoms with E-state index in [0.717, 1.165) is 45.0 Å². The van der Waals surface area contributed by atoms with Gasteiger partial charge in [-0.25, -0.2) is 13.2 Å². The van der Waals surface area contributed by atoms with Crippen LogP contribution in [0.3, 0.4) is 0 Å². The standard InChI is InChI=1S/C28H40F2N2O6S/c1-20(2)38-23-13-11-21(12-14-23)15-25(32(27(34)35)28(3,4)5)26(33)19-31(18-22(16-29)17-30)39(36,37)24-9-7-6-8-10-24/h6-14,20,22,25-26,33H,15-19H2,1-5H3,(H,34,35)/t25-,26+/m0/s1/i1D2,2D3,11D,12D,13D,14D,15D2,19D2,20D,25D,26D/t20?,25-,26+. The fourth-order valence-electron chi connectivity index (χ4n) is 3.05. The molecule has 1 unspecified atom stereocenters. The van der Waals surface area contributed by atoms with Crippen molar-refractivity contribution < 1.29 is 58.9 Å². The van der Waals surface area contributed by atoms with Crippen LogP contribution in [0.25, 0.3) is 0 Å². The summed E-state index contributed by atoms with van der Waals surface area (Å²) in [4.78, 5) is 11.8. The van der Waals surface area contributed by atoms with Gasteiger partial charge in [-0.05, 0) is 70.7 Å². The summed E-state index contributed by atoms with van der Waals surface area (Å²) < 4.78 is 195. The zero-order valence-electron chi connectivity index (χ0n) is 37.2. The van der Waals surface area contributed by atoms with Crippen molar-refractivity contribution in [2.24, 2.45) is 5.92 Å². The summed E-state index contributed by atoms with van der Waals surface area (Å²) in [7, 11) is -5.45. The molecule has 0 saturated heterocycles. The molecule has 0 aromatic heterocycles. The van der Waals surface area contributed by atoms with Crippen LogP contribution >= 0.6 is 0 Å². The summed E-state index contributed by atoms with van der Waals surface area (Å²) in [6, 6.07) is -5.57. The molecule has 0 aliphatic heterocycles. The van der Waals surface area contributed by atoms with E-state index in [1.165, 1.54) is 6.07 Å². The van der Waals surface area contributed by atoms with Gasteiger partial charge in [0, 0.05) is 36.8 Å². The number of hydrogen-bond acceptors (Lipinski definition) is 5. The average molecular weight is 587 g/mol. The lowest BCUT2D eigenvalue weighted by atomic mass is 9.94. The van der Waals surface area contributed by atoms with Crippen molar-refractivity contribution in [3.63, 3.8) is 0 Å². The van der Waals surface area contributed by atoms with Crippen LogP contribution in [0.2, 0.25) is 0 Å². The molecule has 0 heterocycles. The number of benzene rings is 2. The minimum absolute atomic E-state index is 0.356. The maximum Gasteiger partial charge on any atom is 0.408 e. The molecule has 0 saturated carbocycles. The Morgan fingerprint density at radius 1 is 1.18 bits per heavy atom. The smallest absolute Gasteiger partial charge is 0.408 e. The molecular formula is C28H40F2N2O6S. The molecule has 2 N–H and O–H groups in total. The third-order valence-electron chi connectivity index (χ3n) is 4.79. The number of alkyl halides is 2. The monoisotopic (exact) mass is 586 g/mol. The average Bonchev–Trinajstić information content (AvgIpc) is 3.04. The first-order valence-electron chi connectivity index (χ1n) is 19.4. The van der Waals surface area contributed by atoms with Crippen LogP contribution in [-0.2, 0) is 16.4 Å². The van der Waals surface area contributed by atoms with Crippen LogP contribution in [0.4, 0.5) is 13.6 Å². The van der Waals surface area contributed by atoms with Crippen LogP contribution in [0.15, 0.2) is 59.4 Å². The summed E-state index contributed by atoms with van der Waals surface area (Å²) in [6.45, 7) is -12.8. The van der Waals surface area contributed by atoms with Gasteiger partial charge in [0.25, 0.3) is 0 Å². The SMILES string of the molecule is [2H]c1c([2H])c(C([2H])([2H])[C@]([2H])(N(C(=O)O)C(C)(C)C)[C@]([2H])(O)C([2H])([2H])N(CC(CF)CF)S(=O)(=O)c2ccccc2)c([2H])c([2H])c1OC([2H])(C([2H])[2H])C([2H])([2H])[2H]. The number of carboxylic acid groups (broad SMARTS) is 1. The number of amides is 1. The molecule has 0 bridgehead atoms.